The molecule has 0 N–H and O–H groups in total. The van der Waals surface area contributed by atoms with Crippen LogP contribution < -0.4 is 10.4 Å². The number of thiophene rings is 1. The fourth-order valence-electron chi connectivity index (χ4n) is 13.4. The Morgan fingerprint density at radius 2 is 1.22 bits per heavy atom. The van der Waals surface area contributed by atoms with Crippen molar-refractivity contribution in [3.63, 3.8) is 0 Å². The molecule has 2 aliphatic carbocycles. The quantitative estimate of drug-likeness (QED) is 0.157. The Hall–Kier alpha value is -6.36. The summed E-state index contributed by atoms with van der Waals surface area (Å²) in [5, 5.41) is 7.94. The first-order chi connectivity index (χ1) is 32.1. The van der Waals surface area contributed by atoms with Crippen molar-refractivity contribution in [2.45, 2.75) is 96.8 Å². The Balaban J connectivity index is 1.22. The van der Waals surface area contributed by atoms with Crippen LogP contribution in [0.25, 0.3) is 80.7 Å². The van der Waals surface area contributed by atoms with Crippen molar-refractivity contribution in [2.75, 3.05) is 4.90 Å². The second-order valence-electron chi connectivity index (χ2n) is 23.1. The Kier molecular flexibility index (Phi) is 7.71. The highest BCUT2D eigenvalue weighted by Gasteiger charge is 2.55. The lowest BCUT2D eigenvalue weighted by Gasteiger charge is -2.43. The molecule has 0 unspecified atom stereocenters. The minimum Gasteiger partial charge on any atom is -0.375 e. The molecule has 0 saturated heterocycles. The molecule has 4 aliphatic rings. The van der Waals surface area contributed by atoms with Crippen molar-refractivity contribution in [2.24, 2.45) is 0 Å². The maximum Gasteiger partial charge on any atom is 0.329 e. The molecule has 14 rings (SSSR count). The number of aromatic nitrogens is 1. The third kappa shape index (κ3) is 5.13. The molecule has 4 heterocycles. The Morgan fingerprint density at radius 1 is 0.537 bits per heavy atom. The van der Waals surface area contributed by atoms with E-state index >= 15 is 0 Å². The zero-order valence-electron chi connectivity index (χ0n) is 40.2. The maximum absolute atomic E-state index is 2.84. The fourth-order valence-corrected chi connectivity index (χ4v) is 14.6. The van der Waals surface area contributed by atoms with Crippen LogP contribution in [-0.2, 0) is 21.7 Å². The molecule has 0 bridgehead atoms. The van der Waals surface area contributed by atoms with E-state index in [1.165, 1.54) is 144 Å². The molecule has 0 radical (unpaired) electrons. The zero-order chi connectivity index (χ0) is 45.7. The van der Waals surface area contributed by atoms with E-state index in [-0.39, 0.29) is 28.5 Å². The highest BCUT2D eigenvalue weighted by Crippen LogP contribution is 2.61. The van der Waals surface area contributed by atoms with Crippen molar-refractivity contribution in [3.05, 3.63) is 179 Å². The molecule has 0 spiro atoms. The van der Waals surface area contributed by atoms with E-state index in [9.17, 15) is 0 Å². The van der Waals surface area contributed by atoms with Crippen LogP contribution in [0.4, 0.5) is 11.4 Å². The van der Waals surface area contributed by atoms with Crippen LogP contribution >= 0.6 is 11.3 Å². The second kappa shape index (κ2) is 13.0. The van der Waals surface area contributed by atoms with Gasteiger partial charge in [-0.1, -0.05) is 178 Å². The largest absolute Gasteiger partial charge is 0.375 e. The average Bonchev–Trinajstić information content (AvgIpc) is 3.94. The normalized spacial score (nSPS) is 17.4. The number of para-hydroxylation sites is 1. The smallest absolute Gasteiger partial charge is 0.329 e. The van der Waals surface area contributed by atoms with Gasteiger partial charge in [0, 0.05) is 86.4 Å². The van der Waals surface area contributed by atoms with Gasteiger partial charge < -0.3 is 9.38 Å². The Bertz CT molecular complexity index is 3890. The van der Waals surface area contributed by atoms with E-state index in [4.69, 9.17) is 0 Å². The molecule has 8 aromatic carbocycles. The highest BCUT2D eigenvalue weighted by molar-refractivity contribution is 7.26. The van der Waals surface area contributed by atoms with E-state index in [0.717, 1.165) is 0 Å². The van der Waals surface area contributed by atoms with Gasteiger partial charge in [0.2, 0.25) is 0 Å². The predicted octanol–water partition coefficient (Wildman–Crippen LogP) is 16.7. The van der Waals surface area contributed by atoms with Gasteiger partial charge in [-0.25, -0.2) is 0 Å². The molecule has 0 amide bonds. The Morgan fingerprint density at radius 3 is 2.00 bits per heavy atom. The SMILES string of the molecule is CC(C)(C)c1ccc(N2C3=C(B4c5c2cc2c(sc6ccccc62)c5-c2cccc5c6ccc7ccccc7c6n4c25)C(C)(C)c2cc4c(cc23)C(C)(C)CCC4(C)C)c(-c2ccccc2)c1. The van der Waals surface area contributed by atoms with Crippen molar-refractivity contribution in [1.29, 1.82) is 0 Å². The van der Waals surface area contributed by atoms with Crippen LogP contribution in [0.15, 0.2) is 151 Å². The molecule has 2 aliphatic heterocycles. The average molecular weight is 883 g/mol. The zero-order valence-corrected chi connectivity index (χ0v) is 41.0. The van der Waals surface area contributed by atoms with E-state index < -0.39 is 0 Å². The summed E-state index contributed by atoms with van der Waals surface area (Å²) in [5.41, 5.74) is 21.8. The summed E-state index contributed by atoms with van der Waals surface area (Å²) in [5.74, 6) is 0. The van der Waals surface area contributed by atoms with E-state index in [2.05, 4.69) is 217 Å². The minimum absolute atomic E-state index is 0.0279. The monoisotopic (exact) mass is 882 g/mol. The number of nitrogens with zero attached hydrogens (tertiary/aromatic N) is 2. The molecule has 0 saturated carbocycles. The van der Waals surface area contributed by atoms with Gasteiger partial charge in [0.05, 0.1) is 5.69 Å². The molecule has 10 aromatic rings. The number of rotatable bonds is 2. The molecule has 326 valence electrons. The topological polar surface area (TPSA) is 8.17 Å². The molecular weight excluding hydrogens is 828 g/mol. The molecule has 4 heteroatoms. The summed E-state index contributed by atoms with van der Waals surface area (Å²) in [6, 6.07) is 56.7. The molecule has 2 nitrogen and oxygen atoms in total. The van der Waals surface area contributed by atoms with Gasteiger partial charge in [-0.15, -0.1) is 11.3 Å². The van der Waals surface area contributed by atoms with Crippen LogP contribution in [0.3, 0.4) is 0 Å². The first-order valence-electron chi connectivity index (χ1n) is 24.5. The summed E-state index contributed by atoms with van der Waals surface area (Å²) in [6.07, 6.45) is 2.36. The lowest BCUT2D eigenvalue weighted by Crippen LogP contribution is -2.52. The van der Waals surface area contributed by atoms with Gasteiger partial charge in [0.1, 0.15) is 0 Å². The summed E-state index contributed by atoms with van der Waals surface area (Å²) in [6.45, 7) is 22.1. The third-order valence-corrected chi connectivity index (χ3v) is 18.2. The minimum atomic E-state index is -0.317. The van der Waals surface area contributed by atoms with Gasteiger partial charge in [0.15, 0.2) is 0 Å². The summed E-state index contributed by atoms with van der Waals surface area (Å²) in [7, 11) is 0. The van der Waals surface area contributed by atoms with Gasteiger partial charge in [-0.05, 0) is 104 Å². The lowest BCUT2D eigenvalue weighted by atomic mass is 9.40. The number of allylic oxidation sites excluding steroid dienone is 1. The van der Waals surface area contributed by atoms with Crippen molar-refractivity contribution in [3.8, 4) is 22.3 Å². The van der Waals surface area contributed by atoms with Crippen LogP contribution in [0.1, 0.15) is 103 Å². The first kappa shape index (κ1) is 39.8. The summed E-state index contributed by atoms with van der Waals surface area (Å²) < 4.78 is 5.56. The van der Waals surface area contributed by atoms with Gasteiger partial charge in [-0.3, -0.25) is 0 Å². The number of fused-ring (bicyclic) bond motifs is 15. The molecule has 0 atom stereocenters. The van der Waals surface area contributed by atoms with Crippen molar-refractivity contribution < 1.29 is 0 Å². The maximum atomic E-state index is 2.84. The summed E-state index contributed by atoms with van der Waals surface area (Å²) in [4.78, 5) is 2.78. The van der Waals surface area contributed by atoms with Crippen molar-refractivity contribution in [1.82, 2.24) is 4.48 Å². The predicted molar refractivity (Wildman–Crippen MR) is 290 cm³/mol. The first-order valence-corrected chi connectivity index (χ1v) is 25.3. The van der Waals surface area contributed by atoms with Crippen LogP contribution in [0.5, 0.6) is 0 Å². The standard InChI is InChI=1S/C63H55BN2S/c1-60(2,3)38-27-29-50(44(32-38)36-18-11-10-12-19-36)65-51-34-45-40-22-15-16-25-52(40)67-58(45)53-43-24-17-23-41-42-28-26-37-20-13-14-21-39(37)55(42)66(56(41)43)64(54(51)53)59-57(65)46-33-48-49(35-47(46)63(59,8)9)62(6,7)31-30-61(48,4)5/h10-29,32-35H,30-31H2,1-9H3. The second-order valence-corrected chi connectivity index (χ2v) is 24.2. The van der Waals surface area contributed by atoms with Crippen LogP contribution in [0.2, 0.25) is 0 Å². The lowest BCUT2D eigenvalue weighted by molar-refractivity contribution is 0.331. The van der Waals surface area contributed by atoms with E-state index in [1.807, 2.05) is 11.3 Å². The molecule has 67 heavy (non-hydrogen) atoms. The molecule has 0 fully saturated rings. The van der Waals surface area contributed by atoms with Gasteiger partial charge >= 0.3 is 6.85 Å². The van der Waals surface area contributed by atoms with Crippen LogP contribution in [-0.4, -0.2) is 11.3 Å². The number of hydrogen-bond donors (Lipinski definition) is 0. The number of benzene rings is 8. The van der Waals surface area contributed by atoms with Crippen molar-refractivity contribution >= 4 is 93.5 Å². The van der Waals surface area contributed by atoms with Crippen LogP contribution in [0, 0.1) is 0 Å². The number of hydrogen-bond acceptors (Lipinski definition) is 2. The molecule has 2 aromatic heterocycles. The third-order valence-electron chi connectivity index (χ3n) is 17.0. The van der Waals surface area contributed by atoms with E-state index in [1.54, 1.807) is 0 Å². The molecular formula is C63H55BN2S. The fraction of sp³-hybridized carbons (Fsp3) is 0.238. The highest BCUT2D eigenvalue weighted by atomic mass is 32.1. The number of anilines is 2. The van der Waals surface area contributed by atoms with Gasteiger partial charge in [0.25, 0.3) is 0 Å². The Labute approximate surface area is 398 Å². The van der Waals surface area contributed by atoms with E-state index in [0.29, 0.717) is 0 Å². The summed E-state index contributed by atoms with van der Waals surface area (Å²) >= 11 is 1.98. The van der Waals surface area contributed by atoms with Gasteiger partial charge in [-0.2, -0.15) is 0 Å².